The molecule has 128 valence electrons. The molecule has 1 atom stereocenters. The SMILES string of the molecule is CC(=O)c1cc(Cl)ccc1OC(C)C(=O)Nc1cccc2nsnc12. The Hall–Kier alpha value is -2.51. The predicted molar refractivity (Wildman–Crippen MR) is 97.6 cm³/mol. The van der Waals surface area contributed by atoms with E-state index >= 15 is 0 Å². The number of ether oxygens (including phenoxy) is 1. The number of ketones is 1. The molecule has 1 heterocycles. The van der Waals surface area contributed by atoms with Crippen LogP contribution >= 0.6 is 23.3 Å². The van der Waals surface area contributed by atoms with Crippen molar-refractivity contribution in [2.45, 2.75) is 20.0 Å². The Labute approximate surface area is 153 Å². The van der Waals surface area contributed by atoms with E-state index in [1.54, 1.807) is 31.2 Å². The molecule has 1 unspecified atom stereocenters. The van der Waals surface area contributed by atoms with Crippen molar-refractivity contribution in [1.29, 1.82) is 0 Å². The molecule has 6 nitrogen and oxygen atoms in total. The standard InChI is InChI=1S/C17H14ClN3O3S/c1-9(22)12-8-11(18)6-7-15(12)24-10(2)17(23)19-13-4-3-5-14-16(13)21-25-20-14/h3-8,10H,1-2H3,(H,19,23). The van der Waals surface area contributed by atoms with Crippen LogP contribution in [0, 0.1) is 0 Å². The van der Waals surface area contributed by atoms with Crippen LogP contribution < -0.4 is 10.1 Å². The fourth-order valence-electron chi connectivity index (χ4n) is 2.27. The number of benzene rings is 2. The first kappa shape index (κ1) is 17.3. The van der Waals surface area contributed by atoms with E-state index in [2.05, 4.69) is 14.1 Å². The summed E-state index contributed by atoms with van der Waals surface area (Å²) in [6.07, 6.45) is -0.818. The highest BCUT2D eigenvalue weighted by Crippen LogP contribution is 2.25. The monoisotopic (exact) mass is 375 g/mol. The summed E-state index contributed by atoms with van der Waals surface area (Å²) >= 11 is 6.99. The first-order valence-corrected chi connectivity index (χ1v) is 8.56. The predicted octanol–water partition coefficient (Wildman–Crippen LogP) is 3.95. The van der Waals surface area contributed by atoms with Crippen LogP contribution in [0.4, 0.5) is 5.69 Å². The molecule has 3 rings (SSSR count). The molecule has 1 amide bonds. The van der Waals surface area contributed by atoms with Crippen LogP contribution in [0.1, 0.15) is 24.2 Å². The van der Waals surface area contributed by atoms with E-state index < -0.39 is 6.10 Å². The fraction of sp³-hybridized carbons (Fsp3) is 0.176. The van der Waals surface area contributed by atoms with Crippen LogP contribution in [0.2, 0.25) is 5.02 Å². The largest absolute Gasteiger partial charge is 0.480 e. The lowest BCUT2D eigenvalue weighted by Gasteiger charge is -2.17. The van der Waals surface area contributed by atoms with E-state index in [1.807, 2.05) is 6.07 Å². The molecule has 0 aliphatic carbocycles. The summed E-state index contributed by atoms with van der Waals surface area (Å²) in [6, 6.07) is 10.1. The van der Waals surface area contributed by atoms with Crippen LogP contribution in [0.3, 0.4) is 0 Å². The van der Waals surface area contributed by atoms with Crippen molar-refractivity contribution in [1.82, 2.24) is 8.75 Å². The maximum atomic E-state index is 12.4. The number of nitrogens with zero attached hydrogens (tertiary/aromatic N) is 2. The zero-order valence-electron chi connectivity index (χ0n) is 13.4. The lowest BCUT2D eigenvalue weighted by atomic mass is 10.1. The molecule has 8 heteroatoms. The number of fused-ring (bicyclic) bond motifs is 1. The molecule has 3 aromatic rings. The topological polar surface area (TPSA) is 81.2 Å². The van der Waals surface area contributed by atoms with E-state index in [0.717, 1.165) is 11.7 Å². The van der Waals surface area contributed by atoms with Gasteiger partial charge in [-0.15, -0.1) is 0 Å². The van der Waals surface area contributed by atoms with Gasteiger partial charge in [-0.05, 0) is 44.2 Å². The average Bonchev–Trinajstić information content (AvgIpc) is 3.06. The van der Waals surface area contributed by atoms with Gasteiger partial charge >= 0.3 is 0 Å². The Morgan fingerprint density at radius 2 is 2.04 bits per heavy atom. The van der Waals surface area contributed by atoms with Crippen LogP contribution in [0.5, 0.6) is 5.75 Å². The molecule has 0 saturated heterocycles. The summed E-state index contributed by atoms with van der Waals surface area (Å²) in [5.74, 6) is -0.235. The molecule has 25 heavy (non-hydrogen) atoms. The van der Waals surface area contributed by atoms with Crippen molar-refractivity contribution in [2.24, 2.45) is 0 Å². The van der Waals surface area contributed by atoms with Crippen LogP contribution in [0.25, 0.3) is 11.0 Å². The molecular formula is C17H14ClN3O3S. The Morgan fingerprint density at radius 1 is 1.24 bits per heavy atom. The second kappa shape index (κ2) is 7.16. The molecule has 0 aliphatic heterocycles. The van der Waals surface area contributed by atoms with Gasteiger partial charge in [0.25, 0.3) is 5.91 Å². The van der Waals surface area contributed by atoms with Gasteiger partial charge in [-0.1, -0.05) is 17.7 Å². The third-order valence-corrected chi connectivity index (χ3v) is 4.32. The number of amides is 1. The lowest BCUT2D eigenvalue weighted by molar-refractivity contribution is -0.122. The van der Waals surface area contributed by atoms with Crippen molar-refractivity contribution in [3.05, 3.63) is 47.0 Å². The highest BCUT2D eigenvalue weighted by atomic mass is 35.5. The van der Waals surface area contributed by atoms with Gasteiger partial charge in [0.15, 0.2) is 11.9 Å². The van der Waals surface area contributed by atoms with E-state index in [1.165, 1.54) is 13.0 Å². The van der Waals surface area contributed by atoms with Crippen LogP contribution in [0.15, 0.2) is 36.4 Å². The second-order valence-electron chi connectivity index (χ2n) is 5.38. The number of hydrogen-bond acceptors (Lipinski definition) is 6. The first-order valence-electron chi connectivity index (χ1n) is 7.45. The van der Waals surface area contributed by atoms with E-state index in [0.29, 0.717) is 33.1 Å². The molecule has 0 radical (unpaired) electrons. The molecule has 0 saturated carbocycles. The zero-order chi connectivity index (χ0) is 18.0. The van der Waals surface area contributed by atoms with Crippen molar-refractivity contribution in [3.63, 3.8) is 0 Å². The Balaban J connectivity index is 1.78. The number of anilines is 1. The molecule has 2 aromatic carbocycles. The van der Waals surface area contributed by atoms with E-state index in [-0.39, 0.29) is 11.7 Å². The second-order valence-corrected chi connectivity index (χ2v) is 6.35. The summed E-state index contributed by atoms with van der Waals surface area (Å²) in [5, 5.41) is 3.21. The number of Topliss-reactive ketones (excluding diaryl/α,β-unsaturated/α-hetero) is 1. The maximum Gasteiger partial charge on any atom is 0.265 e. The van der Waals surface area contributed by atoms with Gasteiger partial charge in [-0.25, -0.2) is 0 Å². The van der Waals surface area contributed by atoms with Gasteiger partial charge in [0.2, 0.25) is 0 Å². The van der Waals surface area contributed by atoms with E-state index in [9.17, 15) is 9.59 Å². The molecule has 0 fully saturated rings. The lowest BCUT2D eigenvalue weighted by Crippen LogP contribution is -2.30. The average molecular weight is 376 g/mol. The molecule has 1 N–H and O–H groups in total. The fourth-order valence-corrected chi connectivity index (χ4v) is 2.99. The highest BCUT2D eigenvalue weighted by Gasteiger charge is 2.19. The van der Waals surface area contributed by atoms with Crippen molar-refractivity contribution < 1.29 is 14.3 Å². The Bertz CT molecular complexity index is 957. The van der Waals surface area contributed by atoms with Crippen molar-refractivity contribution in [2.75, 3.05) is 5.32 Å². The van der Waals surface area contributed by atoms with Gasteiger partial charge in [0.05, 0.1) is 23.0 Å². The quantitative estimate of drug-likeness (QED) is 0.683. The molecule has 1 aromatic heterocycles. The summed E-state index contributed by atoms with van der Waals surface area (Å²) in [7, 11) is 0. The highest BCUT2D eigenvalue weighted by molar-refractivity contribution is 7.00. The van der Waals surface area contributed by atoms with Crippen LogP contribution in [-0.4, -0.2) is 26.5 Å². The summed E-state index contributed by atoms with van der Waals surface area (Å²) in [6.45, 7) is 3.02. The zero-order valence-corrected chi connectivity index (χ0v) is 15.0. The van der Waals surface area contributed by atoms with Gasteiger partial charge in [0.1, 0.15) is 16.8 Å². The van der Waals surface area contributed by atoms with Gasteiger partial charge in [-0.3, -0.25) is 9.59 Å². The van der Waals surface area contributed by atoms with Gasteiger partial charge < -0.3 is 10.1 Å². The summed E-state index contributed by atoms with van der Waals surface area (Å²) < 4.78 is 14.0. The maximum absolute atomic E-state index is 12.4. The molecule has 0 bridgehead atoms. The number of carbonyl (C=O) groups excluding carboxylic acids is 2. The number of rotatable bonds is 5. The number of carbonyl (C=O) groups is 2. The van der Waals surface area contributed by atoms with Gasteiger partial charge in [0, 0.05) is 5.02 Å². The third-order valence-electron chi connectivity index (χ3n) is 3.54. The summed E-state index contributed by atoms with van der Waals surface area (Å²) in [5.41, 5.74) is 2.24. The Kier molecular flexibility index (Phi) is 4.96. The van der Waals surface area contributed by atoms with Gasteiger partial charge in [-0.2, -0.15) is 8.75 Å². The van der Waals surface area contributed by atoms with E-state index in [4.69, 9.17) is 16.3 Å². The first-order chi connectivity index (χ1) is 12.0. The normalized spacial score (nSPS) is 12.0. The molecule has 0 spiro atoms. The minimum atomic E-state index is -0.818. The number of aromatic nitrogens is 2. The number of hydrogen-bond donors (Lipinski definition) is 1. The summed E-state index contributed by atoms with van der Waals surface area (Å²) in [4.78, 5) is 24.2. The minimum Gasteiger partial charge on any atom is -0.480 e. The third kappa shape index (κ3) is 3.78. The molecule has 0 aliphatic rings. The van der Waals surface area contributed by atoms with Crippen molar-refractivity contribution >= 4 is 51.7 Å². The molecular weight excluding hydrogens is 362 g/mol. The van der Waals surface area contributed by atoms with Crippen LogP contribution in [-0.2, 0) is 4.79 Å². The minimum absolute atomic E-state index is 0.191. The van der Waals surface area contributed by atoms with Crippen molar-refractivity contribution in [3.8, 4) is 5.75 Å². The number of halogens is 1. The number of nitrogens with one attached hydrogen (secondary N) is 1. The Morgan fingerprint density at radius 3 is 2.80 bits per heavy atom. The smallest absolute Gasteiger partial charge is 0.265 e.